The number of hydrogen-bond acceptors (Lipinski definition) is 41. The van der Waals surface area contributed by atoms with Crippen LogP contribution in [-0.2, 0) is 77.5 Å². The highest BCUT2D eigenvalue weighted by molar-refractivity contribution is 8.15. The molecular weight excluding hydrogens is 1400 g/mol. The number of aliphatic hydroxyl groups excluding tert-OH is 21. The minimum Gasteiger partial charge on any atom is -0.492 e. The lowest BCUT2D eigenvalue weighted by molar-refractivity contribution is -0.396. The molecule has 22 aliphatic rings. The highest BCUT2D eigenvalue weighted by Gasteiger charge is 2.60. The Balaban J connectivity index is 0.000000374. The van der Waals surface area contributed by atoms with Gasteiger partial charge >= 0.3 is 0 Å². The minimum absolute atomic E-state index is 0.215. The zero-order valence-corrected chi connectivity index (χ0v) is 54.9. The Bertz CT molecular complexity index is 2570. The smallest absolute Gasteiger partial charge is 0.286 e. The zero-order chi connectivity index (χ0) is 73.7. The number of pyridine rings is 1. The molecular formula is C60H89N3O38S. The molecule has 14 bridgehead atoms. The first-order valence-electron chi connectivity index (χ1n) is 32.6. The summed E-state index contributed by atoms with van der Waals surface area (Å²) in [5.74, 6) is 1.47. The molecule has 0 radical (unpaired) electrons. The molecule has 23 heterocycles. The lowest BCUT2D eigenvalue weighted by atomic mass is 9.95. The molecule has 41 nitrogen and oxygen atoms in total. The number of nitrogens with one attached hydrogen (secondary N) is 1. The minimum atomic E-state index is -2.21. The van der Waals surface area contributed by atoms with Crippen LogP contribution in [0.5, 0.6) is 5.75 Å². The van der Waals surface area contributed by atoms with Crippen LogP contribution < -0.4 is 15.0 Å². The van der Waals surface area contributed by atoms with Crippen molar-refractivity contribution in [1.29, 1.82) is 0 Å². The Morgan fingerprint density at radius 2 is 0.667 bits per heavy atom. The number of thioether (sulfide) groups is 1. The fraction of sp³-hybridized carbons (Fsp3) is 0.783. The summed E-state index contributed by atoms with van der Waals surface area (Å²) in [6, 6.07) is 13.4. The Labute approximate surface area is 583 Å². The van der Waals surface area contributed by atoms with Gasteiger partial charge in [0.25, 0.3) is 5.24 Å². The summed E-state index contributed by atoms with van der Waals surface area (Å²) in [5, 5.41) is 232. The summed E-state index contributed by atoms with van der Waals surface area (Å²) in [6.07, 6.45) is -67.9. The Hall–Kier alpha value is -3.94. The van der Waals surface area contributed by atoms with Gasteiger partial charge in [-0.05, 0) is 36.2 Å². The van der Waals surface area contributed by atoms with Gasteiger partial charge in [-0.25, -0.2) is 4.98 Å². The van der Waals surface area contributed by atoms with Gasteiger partial charge in [0.05, 0.1) is 58.0 Å². The highest BCUT2D eigenvalue weighted by atomic mass is 32.2. The van der Waals surface area contributed by atoms with Crippen molar-refractivity contribution in [2.75, 3.05) is 71.3 Å². The third kappa shape index (κ3) is 17.6. The molecule has 22 saturated heterocycles. The molecule has 22 fully saturated rings. The first kappa shape index (κ1) is 80.6. The van der Waals surface area contributed by atoms with E-state index < -0.39 is 261 Å². The molecule has 2 amide bonds. The average molecular weight is 1490 g/mol. The molecule has 578 valence electrons. The van der Waals surface area contributed by atoms with Crippen LogP contribution >= 0.6 is 11.8 Å². The first-order chi connectivity index (χ1) is 48.8. The summed E-state index contributed by atoms with van der Waals surface area (Å²) in [5.41, 5.74) is 1.00. The van der Waals surface area contributed by atoms with E-state index in [1.165, 1.54) is 0 Å². The van der Waals surface area contributed by atoms with E-state index in [0.29, 0.717) is 13.0 Å². The number of amides is 2. The number of benzene rings is 1. The molecule has 1 aromatic heterocycles. The molecule has 102 heavy (non-hydrogen) atoms. The third-order valence-corrected chi connectivity index (χ3v) is 19.6. The van der Waals surface area contributed by atoms with Crippen molar-refractivity contribution in [1.82, 2.24) is 10.3 Å². The largest absolute Gasteiger partial charge is 0.492 e. The first-order valence-corrected chi connectivity index (χ1v) is 33.5. The average Bonchev–Trinajstić information content (AvgIpc) is 0.856. The molecule has 22 N–H and O–H groups in total. The molecule has 0 spiro atoms. The topological polar surface area (TPSA) is 626 Å². The van der Waals surface area contributed by atoms with E-state index in [0.717, 1.165) is 35.4 Å². The van der Waals surface area contributed by atoms with Gasteiger partial charge in [-0.1, -0.05) is 30.0 Å². The van der Waals surface area contributed by atoms with E-state index in [-0.39, 0.29) is 16.4 Å². The van der Waals surface area contributed by atoms with Crippen LogP contribution in [0.2, 0.25) is 0 Å². The van der Waals surface area contributed by atoms with Gasteiger partial charge in [-0.2, -0.15) is 0 Å². The second-order valence-corrected chi connectivity index (χ2v) is 26.5. The molecule has 1 aromatic carbocycles. The number of aliphatic hydroxyl groups is 21. The number of likely N-dealkylation sites (N-methyl/N-ethyl adjacent to an activating group) is 1. The summed E-state index contributed by atoms with van der Waals surface area (Å²) in [7, 11) is 1.97. The van der Waals surface area contributed by atoms with Gasteiger partial charge in [-0.15, -0.1) is 0 Å². The van der Waals surface area contributed by atoms with Crippen molar-refractivity contribution in [2.45, 2.75) is 227 Å². The van der Waals surface area contributed by atoms with Crippen molar-refractivity contribution in [3.05, 3.63) is 54.2 Å². The van der Waals surface area contributed by atoms with Crippen molar-refractivity contribution in [3.8, 4) is 5.75 Å². The number of rotatable bonds is 14. The van der Waals surface area contributed by atoms with E-state index in [1.807, 2.05) is 54.4 Å². The van der Waals surface area contributed by atoms with Crippen LogP contribution in [0.4, 0.5) is 10.6 Å². The van der Waals surface area contributed by atoms with Gasteiger partial charge in [0.1, 0.15) is 189 Å². The molecule has 0 saturated carbocycles. The molecule has 42 heteroatoms. The van der Waals surface area contributed by atoms with Gasteiger partial charge in [0.15, 0.2) is 44.0 Å². The number of anilines is 1. The third-order valence-electron chi connectivity index (χ3n) is 18.6. The number of carbonyl (C=O) groups is 2. The monoisotopic (exact) mass is 1490 g/mol. The number of hydrogen-bond donors (Lipinski definition) is 22. The number of aromatic nitrogens is 1. The van der Waals surface area contributed by atoms with E-state index in [1.54, 1.807) is 6.20 Å². The van der Waals surface area contributed by atoms with E-state index in [9.17, 15) is 117 Å². The maximum atomic E-state index is 11.6. The number of nitrogens with zero attached hydrogens (tertiary/aromatic N) is 2. The second kappa shape index (κ2) is 35.8. The van der Waals surface area contributed by atoms with E-state index in [2.05, 4.69) is 10.3 Å². The van der Waals surface area contributed by atoms with Gasteiger partial charge in [-0.3, -0.25) is 14.9 Å². The molecule has 22 aliphatic heterocycles. The van der Waals surface area contributed by atoms with Crippen LogP contribution in [0.15, 0.2) is 48.7 Å². The standard InChI is InChI=1S/C42H70O35.C18H19N3O3S/c43-1-8-29-15(50)22(57)36(64-8)72-30-9(2-44)66-38(24(59)17(30)52)74-32-11(4-46)68-40(26(61)19(32)54)76-34-13(6-48)70-42(28(63)21(34)56)77-35-14(7-49)69-41(27(62)20(35)55)75-33-12(5-47)67-39(25(60)18(33)53)73-31-10(3-45)65-37(71-29)23(58)16(31)51;1-21(16-4-2-3-9-19-16)10-11-24-14-7-5-13(6-8-14)12-15-17(22)20-18(23)25-15/h8-63H,1-7H2;2-9,15H,10-12H2,1H3,(H,20,22,23)/t8-,9-,10-,11-,12-,13-,14-,15-,16-,17-,18-,19-,20+,21+,22-,23-,24-,25-,26-,27+,28+,29-,30-,31-,32-,33-,34-,35-,36-,37-,38-,39-,40-,41-,42-;/m1./s1. The predicted octanol–water partition coefficient (Wildman–Crippen LogP) is -12.7. The number of carbonyl (C=O) groups excluding carboxylic acids is 2. The molecule has 36 atom stereocenters. The molecule has 0 aliphatic carbocycles. The van der Waals surface area contributed by atoms with Crippen LogP contribution in [-0.4, -0.2) is 410 Å². The van der Waals surface area contributed by atoms with Crippen LogP contribution in [0.1, 0.15) is 5.56 Å². The molecule has 2 aromatic rings. The van der Waals surface area contributed by atoms with Gasteiger partial charge in [0.2, 0.25) is 5.91 Å². The maximum absolute atomic E-state index is 11.6. The van der Waals surface area contributed by atoms with E-state index in [4.69, 9.17) is 71.1 Å². The zero-order valence-electron chi connectivity index (χ0n) is 54.1. The fourth-order valence-corrected chi connectivity index (χ4v) is 13.7. The number of imide groups is 1. The normalized spacial score (nSPS) is 45.9. The van der Waals surface area contributed by atoms with Crippen LogP contribution in [0, 0.1) is 0 Å². The van der Waals surface area contributed by atoms with Crippen LogP contribution in [0.25, 0.3) is 0 Å². The van der Waals surface area contributed by atoms with E-state index >= 15 is 0 Å². The van der Waals surface area contributed by atoms with Crippen molar-refractivity contribution in [3.63, 3.8) is 0 Å². The van der Waals surface area contributed by atoms with Crippen molar-refractivity contribution in [2.24, 2.45) is 0 Å². The Morgan fingerprint density at radius 3 is 0.892 bits per heavy atom. The second-order valence-electron chi connectivity index (χ2n) is 25.3. The Kier molecular flexibility index (Phi) is 28.3. The highest BCUT2D eigenvalue weighted by Crippen LogP contribution is 2.39. The SMILES string of the molecule is CN(CCOc1ccc(CC2SC(=O)NC2=O)cc1)c1ccccn1.OC[C@H]1O[C@@H]2O[C@H]3[C@H](O)[C@@H](O)[C@@H](O[C@H]4[C@H](O)[C@@H](O)[C@@H](O[C@H]5[C@H](O)[C@@H](O)[C@@H](O[C@H]6[C@H](O)[C@@H](O)[C@@H](O[C@H]7[C@@H](O)[C@H](O)[C@@H](O[C@H]8[C@@H](O)[C@H](O)[C@@H](O[C@H]1[C@H](O)[C@H]2O)O[C@@H]8CO)O[C@@H]7CO)O[C@@H]6CO)O[C@@H]5CO)O[C@@H]4CO)O[C@@H]3CO. The van der Waals surface area contributed by atoms with Gasteiger partial charge < -0.3 is 183 Å². The summed E-state index contributed by atoms with van der Waals surface area (Å²) >= 11 is 1.05. The summed E-state index contributed by atoms with van der Waals surface area (Å²) in [4.78, 5) is 29.1. The molecule has 24 rings (SSSR count). The van der Waals surface area contributed by atoms with Crippen molar-refractivity contribution < 1.29 is 188 Å². The lowest BCUT2D eigenvalue weighted by Gasteiger charge is -2.50. The van der Waals surface area contributed by atoms with Crippen molar-refractivity contribution >= 4 is 28.7 Å². The quantitative estimate of drug-likeness (QED) is 0.0835. The maximum Gasteiger partial charge on any atom is 0.286 e. The summed E-state index contributed by atoms with van der Waals surface area (Å²) < 4.78 is 85.2. The summed E-state index contributed by atoms with van der Waals surface area (Å²) in [6.45, 7) is -6.06. The lowest BCUT2D eigenvalue weighted by Crippen LogP contribution is -2.68. The fourth-order valence-electron chi connectivity index (χ4n) is 12.9. The van der Waals surface area contributed by atoms with Gasteiger partial charge in [0, 0.05) is 13.2 Å². The van der Waals surface area contributed by atoms with Crippen LogP contribution in [0.3, 0.4) is 0 Å². The Morgan fingerprint density at radius 1 is 0.392 bits per heavy atom. The molecule has 1 unspecified atom stereocenters. The predicted molar refractivity (Wildman–Crippen MR) is 326 cm³/mol. The number of ether oxygens (including phenoxy) is 15.